The molecule has 0 amide bonds. The third kappa shape index (κ3) is 1.32. The number of fused-ring (bicyclic) bond motifs is 3. The van der Waals surface area contributed by atoms with Gasteiger partial charge in [0.1, 0.15) is 0 Å². The molecule has 3 aromatic rings. The predicted octanol–water partition coefficient (Wildman–Crippen LogP) is 1.87. The molecular formula is C12H13NSn. The fraction of sp³-hybridized carbons (Fsp3) is 0. The van der Waals surface area contributed by atoms with Crippen molar-refractivity contribution in [2.24, 2.45) is 0 Å². The minimum atomic E-state index is 0. The number of rotatable bonds is 0. The normalized spacial score (nSPS) is 10.3. The number of H-pyrrole nitrogens is 1. The van der Waals surface area contributed by atoms with Gasteiger partial charge in [-0.3, -0.25) is 0 Å². The number of para-hydroxylation sites is 2. The SMILES string of the molecule is [SnH4].c1ccc2c(c1)[nH]c1ccccc12. The first kappa shape index (κ1) is 9.59. The zero-order valence-corrected chi connectivity index (χ0v) is 7.12. The number of aromatic amines is 1. The maximum atomic E-state index is 3.38. The van der Waals surface area contributed by atoms with E-state index < -0.39 is 0 Å². The Labute approximate surface area is 99.1 Å². The molecule has 1 heterocycles. The Morgan fingerprint density at radius 2 is 1.07 bits per heavy atom. The average Bonchev–Trinajstić information content (AvgIpc) is 2.56. The van der Waals surface area contributed by atoms with Gasteiger partial charge >= 0.3 is 23.9 Å². The quantitative estimate of drug-likeness (QED) is 0.608. The Kier molecular flexibility index (Phi) is 2.50. The van der Waals surface area contributed by atoms with Gasteiger partial charge in [-0.05, 0) is 12.1 Å². The number of hydrogen-bond donors (Lipinski definition) is 1. The molecular weight excluding hydrogens is 277 g/mol. The second-order valence-corrected chi connectivity index (χ2v) is 3.22. The molecule has 0 bridgehead atoms. The second kappa shape index (κ2) is 3.65. The van der Waals surface area contributed by atoms with Gasteiger partial charge < -0.3 is 4.98 Å². The third-order valence-corrected chi connectivity index (χ3v) is 2.41. The van der Waals surface area contributed by atoms with Gasteiger partial charge in [0.05, 0.1) is 0 Å². The second-order valence-electron chi connectivity index (χ2n) is 3.22. The summed E-state index contributed by atoms with van der Waals surface area (Å²) in [4.78, 5) is 3.38. The predicted molar refractivity (Wildman–Crippen MR) is 67.1 cm³/mol. The summed E-state index contributed by atoms with van der Waals surface area (Å²) in [6.07, 6.45) is 0. The molecule has 2 heteroatoms. The van der Waals surface area contributed by atoms with Crippen LogP contribution in [0.1, 0.15) is 0 Å². The fourth-order valence-electron chi connectivity index (χ4n) is 1.80. The van der Waals surface area contributed by atoms with E-state index in [4.69, 9.17) is 0 Å². The van der Waals surface area contributed by atoms with Gasteiger partial charge in [0.2, 0.25) is 0 Å². The molecule has 0 atom stereocenters. The third-order valence-electron chi connectivity index (χ3n) is 2.41. The van der Waals surface area contributed by atoms with Crippen LogP contribution in [0.5, 0.6) is 0 Å². The standard InChI is InChI=1S/C12H9N.Sn.4H/c1-3-7-11-9(5-1)10-6-2-4-8-12(10)13-11;;;;;/h1-8,13H;;;;;. The van der Waals surface area contributed by atoms with Crippen molar-refractivity contribution in [2.45, 2.75) is 0 Å². The van der Waals surface area contributed by atoms with Crippen molar-refractivity contribution >= 4 is 45.7 Å². The molecule has 0 saturated heterocycles. The summed E-state index contributed by atoms with van der Waals surface area (Å²) in [5.41, 5.74) is 2.42. The van der Waals surface area contributed by atoms with Gasteiger partial charge in [0, 0.05) is 21.8 Å². The van der Waals surface area contributed by atoms with Crippen molar-refractivity contribution in [1.82, 2.24) is 4.98 Å². The molecule has 0 aliphatic rings. The summed E-state index contributed by atoms with van der Waals surface area (Å²) in [5.74, 6) is 0. The van der Waals surface area contributed by atoms with Crippen molar-refractivity contribution in [1.29, 1.82) is 0 Å². The van der Waals surface area contributed by atoms with E-state index in [1.165, 1.54) is 21.8 Å². The van der Waals surface area contributed by atoms with Gasteiger partial charge in [-0.15, -0.1) is 0 Å². The van der Waals surface area contributed by atoms with Gasteiger partial charge in [0.25, 0.3) is 0 Å². The summed E-state index contributed by atoms with van der Waals surface area (Å²) in [5, 5.41) is 2.61. The first-order valence-electron chi connectivity index (χ1n) is 4.40. The smallest absolute Gasteiger partial charge is 0.0464 e. The van der Waals surface area contributed by atoms with Gasteiger partial charge in [-0.2, -0.15) is 0 Å². The molecule has 70 valence electrons. The summed E-state index contributed by atoms with van der Waals surface area (Å²) in [7, 11) is 0. The van der Waals surface area contributed by atoms with E-state index in [0.29, 0.717) is 0 Å². The maximum absolute atomic E-state index is 3.38. The van der Waals surface area contributed by atoms with Crippen LogP contribution in [-0.4, -0.2) is 28.9 Å². The summed E-state index contributed by atoms with van der Waals surface area (Å²) >= 11 is 0. The first-order chi connectivity index (χ1) is 6.45. The van der Waals surface area contributed by atoms with E-state index in [-0.39, 0.29) is 23.9 Å². The minimum absolute atomic E-state index is 0. The Balaban J connectivity index is 0.000000750. The van der Waals surface area contributed by atoms with Crippen LogP contribution in [0.25, 0.3) is 21.8 Å². The number of aromatic nitrogens is 1. The largest absolute Gasteiger partial charge is 0.355 e. The molecule has 3 rings (SSSR count). The monoisotopic (exact) mass is 291 g/mol. The maximum Gasteiger partial charge on any atom is 0.0464 e. The molecule has 0 spiro atoms. The van der Waals surface area contributed by atoms with Crippen molar-refractivity contribution in [3.63, 3.8) is 0 Å². The summed E-state index contributed by atoms with van der Waals surface area (Å²) < 4.78 is 0. The van der Waals surface area contributed by atoms with Crippen LogP contribution in [0.2, 0.25) is 0 Å². The summed E-state index contributed by atoms with van der Waals surface area (Å²) in [6.45, 7) is 0. The molecule has 1 nitrogen and oxygen atoms in total. The van der Waals surface area contributed by atoms with Crippen molar-refractivity contribution in [3.05, 3.63) is 48.5 Å². The zero-order valence-electron chi connectivity index (χ0n) is 7.12. The molecule has 0 fully saturated rings. The fourth-order valence-corrected chi connectivity index (χ4v) is 1.80. The zero-order chi connectivity index (χ0) is 8.67. The molecule has 0 radical (unpaired) electrons. The van der Waals surface area contributed by atoms with Crippen molar-refractivity contribution in [3.8, 4) is 0 Å². The van der Waals surface area contributed by atoms with E-state index in [2.05, 4.69) is 53.5 Å². The first-order valence-corrected chi connectivity index (χ1v) is 4.40. The van der Waals surface area contributed by atoms with Gasteiger partial charge in [0.15, 0.2) is 0 Å². The van der Waals surface area contributed by atoms with Crippen LogP contribution in [-0.2, 0) is 0 Å². The number of benzene rings is 2. The Morgan fingerprint density at radius 3 is 1.57 bits per heavy atom. The van der Waals surface area contributed by atoms with E-state index >= 15 is 0 Å². The summed E-state index contributed by atoms with van der Waals surface area (Å²) in [6, 6.07) is 16.8. The number of nitrogens with one attached hydrogen (secondary N) is 1. The Morgan fingerprint density at radius 1 is 0.643 bits per heavy atom. The molecule has 0 unspecified atom stereocenters. The molecule has 1 aromatic heterocycles. The van der Waals surface area contributed by atoms with Crippen LogP contribution >= 0.6 is 0 Å². The molecule has 2 aromatic carbocycles. The molecule has 14 heavy (non-hydrogen) atoms. The van der Waals surface area contributed by atoms with Crippen molar-refractivity contribution in [2.75, 3.05) is 0 Å². The van der Waals surface area contributed by atoms with Crippen LogP contribution in [0.4, 0.5) is 0 Å². The van der Waals surface area contributed by atoms with E-state index in [1.807, 2.05) is 0 Å². The van der Waals surface area contributed by atoms with E-state index in [9.17, 15) is 0 Å². The molecule has 0 aliphatic carbocycles. The molecule has 0 saturated carbocycles. The van der Waals surface area contributed by atoms with Gasteiger partial charge in [-0.1, -0.05) is 36.4 Å². The van der Waals surface area contributed by atoms with Gasteiger partial charge in [-0.25, -0.2) is 0 Å². The Bertz CT molecular complexity index is 518. The molecule has 1 N–H and O–H groups in total. The van der Waals surface area contributed by atoms with Crippen LogP contribution in [0, 0.1) is 0 Å². The van der Waals surface area contributed by atoms with E-state index in [0.717, 1.165) is 0 Å². The van der Waals surface area contributed by atoms with Crippen LogP contribution in [0.15, 0.2) is 48.5 Å². The van der Waals surface area contributed by atoms with E-state index in [1.54, 1.807) is 0 Å². The molecule has 0 aliphatic heterocycles. The topological polar surface area (TPSA) is 15.8 Å². The minimum Gasteiger partial charge on any atom is -0.355 e. The number of hydrogen-bond acceptors (Lipinski definition) is 0. The average molecular weight is 290 g/mol. The Hall–Kier alpha value is -0.961. The van der Waals surface area contributed by atoms with Crippen molar-refractivity contribution < 1.29 is 0 Å². The van der Waals surface area contributed by atoms with Crippen LogP contribution < -0.4 is 0 Å². The van der Waals surface area contributed by atoms with Crippen LogP contribution in [0.3, 0.4) is 0 Å².